The van der Waals surface area contributed by atoms with Crippen molar-refractivity contribution < 1.29 is 19.0 Å². The van der Waals surface area contributed by atoms with E-state index in [0.29, 0.717) is 35.0 Å². The van der Waals surface area contributed by atoms with Crippen LogP contribution in [0.4, 0.5) is 0 Å². The SMILES string of the molecule is CCOc1ccccc1C(=O)c1cc(OC)cc(OC)c1. The molecule has 21 heavy (non-hydrogen) atoms. The Labute approximate surface area is 124 Å². The summed E-state index contributed by atoms with van der Waals surface area (Å²) in [4.78, 5) is 12.7. The molecular formula is C17H18O4. The van der Waals surface area contributed by atoms with Crippen LogP contribution < -0.4 is 14.2 Å². The zero-order chi connectivity index (χ0) is 15.2. The molecule has 4 nitrogen and oxygen atoms in total. The monoisotopic (exact) mass is 286 g/mol. The van der Waals surface area contributed by atoms with Crippen molar-refractivity contribution in [1.82, 2.24) is 0 Å². The van der Waals surface area contributed by atoms with Crippen molar-refractivity contribution in [2.24, 2.45) is 0 Å². The average molecular weight is 286 g/mol. The molecule has 0 aliphatic rings. The van der Waals surface area contributed by atoms with Crippen LogP contribution in [-0.2, 0) is 0 Å². The van der Waals surface area contributed by atoms with E-state index in [0.717, 1.165) is 0 Å². The summed E-state index contributed by atoms with van der Waals surface area (Å²) in [5.41, 5.74) is 1.02. The van der Waals surface area contributed by atoms with E-state index in [9.17, 15) is 4.79 Å². The van der Waals surface area contributed by atoms with Gasteiger partial charge in [0, 0.05) is 11.6 Å². The number of methoxy groups -OCH3 is 2. The first-order valence-electron chi connectivity index (χ1n) is 6.69. The minimum Gasteiger partial charge on any atom is -0.497 e. The highest BCUT2D eigenvalue weighted by Crippen LogP contribution is 2.27. The van der Waals surface area contributed by atoms with Crippen LogP contribution in [0, 0.1) is 0 Å². The maximum Gasteiger partial charge on any atom is 0.197 e. The first kappa shape index (κ1) is 14.9. The van der Waals surface area contributed by atoms with Crippen LogP contribution in [0.3, 0.4) is 0 Å². The Morgan fingerprint density at radius 2 is 1.62 bits per heavy atom. The summed E-state index contributed by atoms with van der Waals surface area (Å²) in [5.74, 6) is 1.60. The van der Waals surface area contributed by atoms with Crippen molar-refractivity contribution >= 4 is 5.78 Å². The van der Waals surface area contributed by atoms with Gasteiger partial charge in [0.25, 0.3) is 0 Å². The first-order chi connectivity index (χ1) is 10.2. The highest BCUT2D eigenvalue weighted by atomic mass is 16.5. The summed E-state index contributed by atoms with van der Waals surface area (Å²) in [6.45, 7) is 2.39. The number of para-hydroxylation sites is 1. The van der Waals surface area contributed by atoms with Gasteiger partial charge in [-0.25, -0.2) is 0 Å². The second-order valence-corrected chi connectivity index (χ2v) is 4.36. The molecule has 0 saturated carbocycles. The maximum absolute atomic E-state index is 12.7. The third-order valence-electron chi connectivity index (χ3n) is 3.05. The van der Waals surface area contributed by atoms with Gasteiger partial charge in [-0.15, -0.1) is 0 Å². The standard InChI is InChI=1S/C17H18O4/c1-4-21-16-8-6-5-7-15(16)17(18)12-9-13(19-2)11-14(10-12)20-3/h5-11H,4H2,1-3H3. The van der Waals surface area contributed by atoms with Crippen molar-refractivity contribution in [2.45, 2.75) is 6.92 Å². The fourth-order valence-electron chi connectivity index (χ4n) is 2.03. The molecule has 4 heteroatoms. The number of carbonyl (C=O) groups is 1. The van der Waals surface area contributed by atoms with E-state index in [1.165, 1.54) is 0 Å². The molecule has 0 aromatic heterocycles. The minimum absolute atomic E-state index is 0.128. The van der Waals surface area contributed by atoms with Gasteiger partial charge in [0.2, 0.25) is 0 Å². The number of ether oxygens (including phenoxy) is 3. The van der Waals surface area contributed by atoms with Crippen molar-refractivity contribution in [3.8, 4) is 17.2 Å². The number of ketones is 1. The molecule has 0 amide bonds. The summed E-state index contributed by atoms with van der Waals surface area (Å²) >= 11 is 0. The van der Waals surface area contributed by atoms with E-state index in [1.807, 2.05) is 19.1 Å². The number of hydrogen-bond acceptors (Lipinski definition) is 4. The lowest BCUT2D eigenvalue weighted by molar-refractivity contribution is 0.103. The van der Waals surface area contributed by atoms with Crippen LogP contribution >= 0.6 is 0 Å². The molecule has 2 rings (SSSR count). The van der Waals surface area contributed by atoms with Gasteiger partial charge in [0.05, 0.1) is 26.4 Å². The summed E-state index contributed by atoms with van der Waals surface area (Å²) in [5, 5.41) is 0. The Bertz CT molecular complexity index is 612. The molecule has 2 aromatic carbocycles. The molecule has 0 heterocycles. The molecular weight excluding hydrogens is 268 g/mol. The summed E-state index contributed by atoms with van der Waals surface area (Å²) in [6, 6.07) is 12.3. The fourth-order valence-corrected chi connectivity index (χ4v) is 2.03. The van der Waals surface area contributed by atoms with E-state index in [4.69, 9.17) is 14.2 Å². The summed E-state index contributed by atoms with van der Waals surface area (Å²) < 4.78 is 15.9. The Hall–Kier alpha value is -2.49. The van der Waals surface area contributed by atoms with Crippen LogP contribution in [0.2, 0.25) is 0 Å². The molecule has 0 aliphatic carbocycles. The lowest BCUT2D eigenvalue weighted by atomic mass is 10.0. The molecule has 0 radical (unpaired) electrons. The van der Waals surface area contributed by atoms with Crippen LogP contribution in [0.5, 0.6) is 17.2 Å². The van der Waals surface area contributed by atoms with Gasteiger partial charge < -0.3 is 14.2 Å². The van der Waals surface area contributed by atoms with Gasteiger partial charge in [0.1, 0.15) is 17.2 Å². The van der Waals surface area contributed by atoms with E-state index >= 15 is 0 Å². The molecule has 0 aliphatic heterocycles. The van der Waals surface area contributed by atoms with E-state index < -0.39 is 0 Å². The molecule has 0 bridgehead atoms. The number of benzene rings is 2. The number of hydrogen-bond donors (Lipinski definition) is 0. The Morgan fingerprint density at radius 3 is 2.19 bits per heavy atom. The molecule has 0 unspecified atom stereocenters. The smallest absolute Gasteiger partial charge is 0.197 e. The molecule has 110 valence electrons. The van der Waals surface area contributed by atoms with Gasteiger partial charge >= 0.3 is 0 Å². The highest BCUT2D eigenvalue weighted by Gasteiger charge is 2.16. The van der Waals surface area contributed by atoms with Crippen molar-refractivity contribution in [3.05, 3.63) is 53.6 Å². The third-order valence-corrected chi connectivity index (χ3v) is 3.05. The van der Waals surface area contributed by atoms with Crippen molar-refractivity contribution in [1.29, 1.82) is 0 Å². The quantitative estimate of drug-likeness (QED) is 0.764. The predicted octanol–water partition coefficient (Wildman–Crippen LogP) is 3.33. The van der Waals surface area contributed by atoms with Crippen LogP contribution in [0.15, 0.2) is 42.5 Å². The Kier molecular flexibility index (Phi) is 4.82. The van der Waals surface area contributed by atoms with E-state index in [1.54, 1.807) is 44.6 Å². The fraction of sp³-hybridized carbons (Fsp3) is 0.235. The van der Waals surface area contributed by atoms with Gasteiger partial charge in [0.15, 0.2) is 5.78 Å². The maximum atomic E-state index is 12.7. The van der Waals surface area contributed by atoms with E-state index in [-0.39, 0.29) is 5.78 Å². The number of rotatable bonds is 6. The highest BCUT2D eigenvalue weighted by molar-refractivity contribution is 6.11. The lowest BCUT2D eigenvalue weighted by Crippen LogP contribution is -2.06. The van der Waals surface area contributed by atoms with Crippen LogP contribution in [0.25, 0.3) is 0 Å². The molecule has 0 fully saturated rings. The molecule has 0 atom stereocenters. The normalized spacial score (nSPS) is 10.0. The summed E-state index contributed by atoms with van der Waals surface area (Å²) in [6.07, 6.45) is 0. The summed E-state index contributed by atoms with van der Waals surface area (Å²) in [7, 11) is 3.11. The van der Waals surface area contributed by atoms with Gasteiger partial charge in [-0.1, -0.05) is 12.1 Å². The average Bonchev–Trinajstić information content (AvgIpc) is 2.54. The van der Waals surface area contributed by atoms with Crippen molar-refractivity contribution in [3.63, 3.8) is 0 Å². The zero-order valence-corrected chi connectivity index (χ0v) is 12.4. The topological polar surface area (TPSA) is 44.8 Å². The second kappa shape index (κ2) is 6.79. The van der Waals surface area contributed by atoms with Gasteiger partial charge in [-0.05, 0) is 31.2 Å². The van der Waals surface area contributed by atoms with Crippen LogP contribution in [-0.4, -0.2) is 26.6 Å². The van der Waals surface area contributed by atoms with Crippen LogP contribution in [0.1, 0.15) is 22.8 Å². The van der Waals surface area contributed by atoms with Gasteiger partial charge in [-0.3, -0.25) is 4.79 Å². The van der Waals surface area contributed by atoms with E-state index in [2.05, 4.69) is 0 Å². The predicted molar refractivity (Wildman–Crippen MR) is 80.6 cm³/mol. The molecule has 0 N–H and O–H groups in total. The molecule has 0 saturated heterocycles. The lowest BCUT2D eigenvalue weighted by Gasteiger charge is -2.11. The largest absolute Gasteiger partial charge is 0.497 e. The number of carbonyl (C=O) groups excluding carboxylic acids is 1. The zero-order valence-electron chi connectivity index (χ0n) is 12.4. The third kappa shape index (κ3) is 3.34. The second-order valence-electron chi connectivity index (χ2n) is 4.36. The Morgan fingerprint density at radius 1 is 1.00 bits per heavy atom. The van der Waals surface area contributed by atoms with Gasteiger partial charge in [-0.2, -0.15) is 0 Å². The van der Waals surface area contributed by atoms with Crippen molar-refractivity contribution in [2.75, 3.05) is 20.8 Å². The Balaban J connectivity index is 2.44. The molecule has 2 aromatic rings. The molecule has 0 spiro atoms. The first-order valence-corrected chi connectivity index (χ1v) is 6.69. The minimum atomic E-state index is -0.128.